The van der Waals surface area contributed by atoms with Gasteiger partial charge in [0.2, 0.25) is 0 Å². The zero-order chi connectivity index (χ0) is 19.1. The van der Waals surface area contributed by atoms with Crippen molar-refractivity contribution in [2.75, 3.05) is 38.3 Å². The first-order valence-corrected chi connectivity index (χ1v) is 9.78. The molecule has 1 aromatic rings. The highest BCUT2D eigenvalue weighted by Crippen LogP contribution is 2.37. The number of hydrogen-bond acceptors (Lipinski definition) is 5. The summed E-state index contributed by atoms with van der Waals surface area (Å²) in [5, 5.41) is 5.75. The van der Waals surface area contributed by atoms with Crippen LogP contribution in [-0.4, -0.2) is 45.3 Å². The van der Waals surface area contributed by atoms with Gasteiger partial charge in [0.1, 0.15) is 13.2 Å². The van der Waals surface area contributed by atoms with Crippen LogP contribution in [0.5, 0.6) is 11.5 Å². The molecule has 1 saturated heterocycles. The smallest absolute Gasteiger partial charge is 0.319 e. The van der Waals surface area contributed by atoms with Crippen molar-refractivity contribution in [2.45, 2.75) is 45.8 Å². The van der Waals surface area contributed by atoms with Gasteiger partial charge < -0.3 is 29.6 Å². The average molecular weight is 378 g/mol. The standard InChI is InChI=1S/C20H30N2O5/c1-3-7-20(2,18-26-12-13-27-18)8-4-9-21-19(23)22-15-5-6-16-17(14-15)25-11-10-24-16/h5-6,14,18H,3-4,7-13H2,1-2H3,(H2,21,22,23)/t20-/m0/s1. The third kappa shape index (κ3) is 5.26. The van der Waals surface area contributed by atoms with E-state index in [2.05, 4.69) is 24.5 Å². The molecule has 1 fully saturated rings. The minimum absolute atomic E-state index is 0.0146. The number of carbonyl (C=O) groups excluding carboxylic acids is 1. The second-order valence-electron chi connectivity index (χ2n) is 7.32. The van der Waals surface area contributed by atoms with Crippen molar-refractivity contribution in [3.63, 3.8) is 0 Å². The summed E-state index contributed by atoms with van der Waals surface area (Å²) in [4.78, 5) is 12.1. The first-order chi connectivity index (χ1) is 13.1. The van der Waals surface area contributed by atoms with Gasteiger partial charge >= 0.3 is 6.03 Å². The van der Waals surface area contributed by atoms with Crippen LogP contribution in [0.25, 0.3) is 0 Å². The van der Waals surface area contributed by atoms with Gasteiger partial charge in [-0.2, -0.15) is 0 Å². The van der Waals surface area contributed by atoms with Crippen LogP contribution in [-0.2, 0) is 9.47 Å². The lowest BCUT2D eigenvalue weighted by molar-refractivity contribution is -0.133. The van der Waals surface area contributed by atoms with Crippen molar-refractivity contribution in [1.82, 2.24) is 5.32 Å². The number of hydrogen-bond donors (Lipinski definition) is 2. The molecule has 27 heavy (non-hydrogen) atoms. The maximum Gasteiger partial charge on any atom is 0.319 e. The summed E-state index contributed by atoms with van der Waals surface area (Å²) in [5.41, 5.74) is 0.666. The van der Waals surface area contributed by atoms with E-state index in [1.54, 1.807) is 12.1 Å². The maximum atomic E-state index is 12.1. The Bertz CT molecular complexity index is 633. The zero-order valence-electron chi connectivity index (χ0n) is 16.2. The van der Waals surface area contributed by atoms with E-state index in [0.29, 0.717) is 50.2 Å². The minimum Gasteiger partial charge on any atom is -0.486 e. The molecule has 1 atom stereocenters. The minimum atomic E-state index is -0.225. The second-order valence-corrected chi connectivity index (χ2v) is 7.32. The summed E-state index contributed by atoms with van der Waals surface area (Å²) < 4.78 is 22.5. The van der Waals surface area contributed by atoms with Crippen LogP contribution < -0.4 is 20.1 Å². The predicted molar refractivity (Wildman–Crippen MR) is 102 cm³/mol. The van der Waals surface area contributed by atoms with Gasteiger partial charge in [0.25, 0.3) is 0 Å². The second kappa shape index (κ2) is 9.28. The van der Waals surface area contributed by atoms with Crippen LogP contribution in [0, 0.1) is 5.41 Å². The van der Waals surface area contributed by atoms with Gasteiger partial charge in [-0.15, -0.1) is 0 Å². The monoisotopic (exact) mass is 378 g/mol. The summed E-state index contributed by atoms with van der Waals surface area (Å²) in [6.07, 6.45) is 3.80. The van der Waals surface area contributed by atoms with Crippen molar-refractivity contribution in [3.05, 3.63) is 18.2 Å². The molecule has 1 aromatic carbocycles. The molecule has 2 heterocycles. The highest BCUT2D eigenvalue weighted by molar-refractivity contribution is 5.89. The molecule has 0 bridgehead atoms. The van der Waals surface area contributed by atoms with Gasteiger partial charge in [-0.25, -0.2) is 4.79 Å². The predicted octanol–water partition coefficient (Wildman–Crippen LogP) is 3.54. The molecule has 2 N–H and O–H groups in total. The van der Waals surface area contributed by atoms with Crippen molar-refractivity contribution in [2.24, 2.45) is 5.41 Å². The zero-order valence-corrected chi connectivity index (χ0v) is 16.2. The molecule has 0 saturated carbocycles. The molecular weight excluding hydrogens is 348 g/mol. The van der Waals surface area contributed by atoms with Gasteiger partial charge in [0, 0.05) is 23.7 Å². The summed E-state index contributed by atoms with van der Waals surface area (Å²) in [5.74, 6) is 1.37. The quantitative estimate of drug-likeness (QED) is 0.677. The number of amides is 2. The van der Waals surface area contributed by atoms with E-state index in [1.165, 1.54) is 0 Å². The number of rotatable bonds is 8. The topological polar surface area (TPSA) is 78.1 Å². The molecule has 2 aliphatic heterocycles. The van der Waals surface area contributed by atoms with Crippen LogP contribution in [0.3, 0.4) is 0 Å². The van der Waals surface area contributed by atoms with Crippen LogP contribution in [0.2, 0.25) is 0 Å². The average Bonchev–Trinajstić information content (AvgIpc) is 3.21. The Kier molecular flexibility index (Phi) is 6.79. The number of nitrogens with one attached hydrogen (secondary N) is 2. The van der Waals surface area contributed by atoms with Gasteiger partial charge in [0.15, 0.2) is 17.8 Å². The summed E-state index contributed by atoms with van der Waals surface area (Å²) in [6.45, 7) is 7.39. The Hall–Kier alpha value is -1.99. The SMILES string of the molecule is CCC[C@@](C)(CCCNC(=O)Nc1ccc2c(c1)OCCO2)C1OCCO1. The van der Waals surface area contributed by atoms with Gasteiger partial charge in [-0.05, 0) is 31.4 Å². The van der Waals surface area contributed by atoms with Gasteiger partial charge in [-0.1, -0.05) is 20.3 Å². The van der Waals surface area contributed by atoms with Crippen LogP contribution in [0.15, 0.2) is 18.2 Å². The molecule has 7 heteroatoms. The molecule has 2 aliphatic rings. The highest BCUT2D eigenvalue weighted by atomic mass is 16.7. The van der Waals surface area contributed by atoms with Crippen molar-refractivity contribution < 1.29 is 23.7 Å². The van der Waals surface area contributed by atoms with Gasteiger partial charge in [-0.3, -0.25) is 0 Å². The number of ether oxygens (including phenoxy) is 4. The van der Waals surface area contributed by atoms with Gasteiger partial charge in [0.05, 0.1) is 13.2 Å². The first kappa shape index (κ1) is 19.8. The molecule has 2 amide bonds. The molecule has 0 aromatic heterocycles. The molecule has 0 unspecified atom stereocenters. The van der Waals surface area contributed by atoms with Crippen molar-refractivity contribution in [1.29, 1.82) is 0 Å². The van der Waals surface area contributed by atoms with E-state index in [9.17, 15) is 4.79 Å². The van der Waals surface area contributed by atoms with Crippen LogP contribution in [0.1, 0.15) is 39.5 Å². The Morgan fingerprint density at radius 1 is 1.11 bits per heavy atom. The highest BCUT2D eigenvalue weighted by Gasteiger charge is 2.37. The van der Waals surface area contributed by atoms with E-state index >= 15 is 0 Å². The van der Waals surface area contributed by atoms with Crippen molar-refractivity contribution >= 4 is 11.7 Å². The number of urea groups is 1. The molecule has 7 nitrogen and oxygen atoms in total. The Balaban J connectivity index is 1.42. The maximum absolute atomic E-state index is 12.1. The fourth-order valence-corrected chi connectivity index (χ4v) is 3.68. The summed E-state index contributed by atoms with van der Waals surface area (Å²) in [7, 11) is 0. The Morgan fingerprint density at radius 3 is 2.59 bits per heavy atom. The lowest BCUT2D eigenvalue weighted by Crippen LogP contribution is -2.35. The third-order valence-electron chi connectivity index (χ3n) is 5.02. The summed E-state index contributed by atoms with van der Waals surface area (Å²) >= 11 is 0. The Morgan fingerprint density at radius 2 is 1.85 bits per heavy atom. The Labute approximate surface area is 160 Å². The largest absolute Gasteiger partial charge is 0.486 e. The first-order valence-electron chi connectivity index (χ1n) is 9.78. The fourth-order valence-electron chi connectivity index (χ4n) is 3.68. The molecule has 0 aliphatic carbocycles. The lowest BCUT2D eigenvalue weighted by Gasteiger charge is -2.34. The number of benzene rings is 1. The normalized spacial score (nSPS) is 18.7. The van der Waals surface area contributed by atoms with E-state index in [0.717, 1.165) is 25.7 Å². The molecule has 0 spiro atoms. The van der Waals surface area contributed by atoms with E-state index in [-0.39, 0.29) is 17.7 Å². The number of fused-ring (bicyclic) bond motifs is 1. The third-order valence-corrected chi connectivity index (χ3v) is 5.02. The van der Waals surface area contributed by atoms with E-state index in [4.69, 9.17) is 18.9 Å². The summed E-state index contributed by atoms with van der Waals surface area (Å²) in [6, 6.07) is 5.17. The van der Waals surface area contributed by atoms with Crippen LogP contribution in [0.4, 0.5) is 10.5 Å². The molecule has 150 valence electrons. The number of anilines is 1. The molecule has 0 radical (unpaired) electrons. The number of carbonyl (C=O) groups is 1. The van der Waals surface area contributed by atoms with Crippen molar-refractivity contribution in [3.8, 4) is 11.5 Å². The molecular formula is C20H30N2O5. The van der Waals surface area contributed by atoms with Crippen LogP contribution >= 0.6 is 0 Å². The molecule has 3 rings (SSSR count). The van der Waals surface area contributed by atoms with E-state index in [1.807, 2.05) is 6.07 Å². The lowest BCUT2D eigenvalue weighted by atomic mass is 9.80. The van der Waals surface area contributed by atoms with E-state index < -0.39 is 0 Å². The fraction of sp³-hybridized carbons (Fsp3) is 0.650.